The van der Waals surface area contributed by atoms with Gasteiger partial charge in [-0.2, -0.15) is 0 Å². The summed E-state index contributed by atoms with van der Waals surface area (Å²) in [6.07, 6.45) is 1.58. The molecule has 0 saturated carbocycles. The van der Waals surface area contributed by atoms with E-state index in [-0.39, 0.29) is 0 Å². The Hall–Kier alpha value is -1.36. The normalized spacial score (nSPS) is 22.7. The van der Waals surface area contributed by atoms with Gasteiger partial charge in [-0.05, 0) is 6.07 Å². The fourth-order valence-corrected chi connectivity index (χ4v) is 2.78. The van der Waals surface area contributed by atoms with Crippen LogP contribution in [0.15, 0.2) is 28.7 Å². The Morgan fingerprint density at radius 2 is 2.20 bits per heavy atom. The summed E-state index contributed by atoms with van der Waals surface area (Å²) in [4.78, 5) is 0. The summed E-state index contributed by atoms with van der Waals surface area (Å²) < 4.78 is 11.1. The van der Waals surface area contributed by atoms with Crippen LogP contribution in [-0.2, 0) is 17.7 Å². The van der Waals surface area contributed by atoms with Gasteiger partial charge in [0.2, 0.25) is 0 Å². The number of furan rings is 1. The molecule has 1 fully saturated rings. The Morgan fingerprint density at radius 1 is 1.35 bits per heavy atom. The topological polar surface area (TPSA) is 54.6 Å². The summed E-state index contributed by atoms with van der Waals surface area (Å²) in [5.74, 6) is 1.02. The van der Waals surface area contributed by atoms with Crippen molar-refractivity contribution in [3.8, 4) is 0 Å². The molecule has 3 rings (SSSR count). The van der Waals surface area contributed by atoms with Crippen LogP contribution in [0, 0.1) is 0 Å². The number of nitrogens with one attached hydrogen (secondary N) is 1. The lowest BCUT2D eigenvalue weighted by Crippen LogP contribution is -2.40. The molecule has 0 aliphatic carbocycles. The summed E-state index contributed by atoms with van der Waals surface area (Å²) in [6, 6.07) is 8.10. The van der Waals surface area contributed by atoms with Crippen molar-refractivity contribution >= 4 is 11.0 Å². The highest BCUT2D eigenvalue weighted by atomic mass is 16.5. The van der Waals surface area contributed by atoms with Gasteiger partial charge in [-0.3, -0.25) is 0 Å². The van der Waals surface area contributed by atoms with Crippen LogP contribution < -0.4 is 5.32 Å². The molecule has 1 aliphatic rings. The van der Waals surface area contributed by atoms with E-state index in [1.807, 2.05) is 18.2 Å². The molecule has 1 aliphatic heterocycles. The SMILES string of the molecule is CCc1oc2ccccc2c1CNCC1(O)CCOC1. The van der Waals surface area contributed by atoms with E-state index in [4.69, 9.17) is 9.15 Å². The van der Waals surface area contributed by atoms with Crippen molar-refractivity contribution in [2.45, 2.75) is 31.9 Å². The van der Waals surface area contributed by atoms with Gasteiger partial charge in [0.1, 0.15) is 16.9 Å². The molecule has 1 aromatic carbocycles. The first kappa shape index (κ1) is 13.6. The molecule has 1 saturated heterocycles. The second-order valence-corrected chi connectivity index (χ2v) is 5.48. The van der Waals surface area contributed by atoms with Crippen LogP contribution in [0.1, 0.15) is 24.7 Å². The van der Waals surface area contributed by atoms with Gasteiger partial charge in [0, 0.05) is 43.5 Å². The molecule has 0 bridgehead atoms. The Bertz CT molecular complexity index is 584. The predicted octanol–water partition coefficient (Wildman–Crippen LogP) is 2.24. The number of hydrogen-bond donors (Lipinski definition) is 2. The van der Waals surface area contributed by atoms with Crippen LogP contribution in [0.2, 0.25) is 0 Å². The summed E-state index contributed by atoms with van der Waals surface area (Å²) in [7, 11) is 0. The lowest BCUT2D eigenvalue weighted by molar-refractivity contribution is 0.0268. The molecule has 2 N–H and O–H groups in total. The average molecular weight is 275 g/mol. The third-order valence-corrected chi connectivity index (χ3v) is 3.94. The van der Waals surface area contributed by atoms with Gasteiger partial charge in [-0.15, -0.1) is 0 Å². The van der Waals surface area contributed by atoms with Crippen LogP contribution >= 0.6 is 0 Å². The predicted molar refractivity (Wildman–Crippen MR) is 77.7 cm³/mol. The summed E-state index contributed by atoms with van der Waals surface area (Å²) >= 11 is 0. The van der Waals surface area contributed by atoms with Gasteiger partial charge >= 0.3 is 0 Å². The Labute approximate surface area is 118 Å². The van der Waals surface area contributed by atoms with Crippen molar-refractivity contribution < 1.29 is 14.3 Å². The molecular weight excluding hydrogens is 254 g/mol. The highest BCUT2D eigenvalue weighted by Gasteiger charge is 2.31. The zero-order valence-electron chi connectivity index (χ0n) is 11.8. The van der Waals surface area contributed by atoms with Crippen molar-refractivity contribution in [1.82, 2.24) is 5.32 Å². The summed E-state index contributed by atoms with van der Waals surface area (Å²) in [5, 5.41) is 14.8. The minimum Gasteiger partial charge on any atom is -0.461 e. The molecule has 4 nitrogen and oxygen atoms in total. The van der Waals surface area contributed by atoms with E-state index in [2.05, 4.69) is 18.3 Å². The number of ether oxygens (including phenoxy) is 1. The molecule has 0 amide bonds. The fourth-order valence-electron chi connectivity index (χ4n) is 2.78. The first-order valence-corrected chi connectivity index (χ1v) is 7.22. The number of hydrogen-bond acceptors (Lipinski definition) is 4. The number of rotatable bonds is 5. The molecular formula is C16H21NO3. The highest BCUT2D eigenvalue weighted by Crippen LogP contribution is 2.26. The van der Waals surface area contributed by atoms with E-state index < -0.39 is 5.60 Å². The molecule has 4 heteroatoms. The lowest BCUT2D eigenvalue weighted by atomic mass is 10.0. The van der Waals surface area contributed by atoms with Crippen molar-refractivity contribution in [2.24, 2.45) is 0 Å². The number of aryl methyl sites for hydroxylation is 1. The third-order valence-electron chi connectivity index (χ3n) is 3.94. The quantitative estimate of drug-likeness (QED) is 0.878. The lowest BCUT2D eigenvalue weighted by Gasteiger charge is -2.20. The largest absolute Gasteiger partial charge is 0.461 e. The number of benzene rings is 1. The highest BCUT2D eigenvalue weighted by molar-refractivity contribution is 5.82. The molecule has 2 heterocycles. The van der Waals surface area contributed by atoms with Crippen LogP contribution in [-0.4, -0.2) is 30.5 Å². The molecule has 1 aromatic heterocycles. The standard InChI is InChI=1S/C16H21NO3/c1-2-14-13(12-5-3-4-6-15(12)20-14)9-17-10-16(18)7-8-19-11-16/h3-6,17-18H,2,7-11H2,1H3. The maximum absolute atomic E-state index is 10.2. The number of para-hydroxylation sites is 1. The maximum atomic E-state index is 10.2. The Kier molecular flexibility index (Phi) is 3.78. The molecule has 0 spiro atoms. The van der Waals surface area contributed by atoms with E-state index >= 15 is 0 Å². The molecule has 2 aromatic rings. The average Bonchev–Trinajstić information content (AvgIpc) is 3.04. The van der Waals surface area contributed by atoms with Crippen LogP contribution in [0.3, 0.4) is 0 Å². The third kappa shape index (κ3) is 2.59. The van der Waals surface area contributed by atoms with E-state index in [1.54, 1.807) is 0 Å². The summed E-state index contributed by atoms with van der Waals surface area (Å²) in [5.41, 5.74) is 1.42. The van der Waals surface area contributed by atoms with Gasteiger partial charge in [0.15, 0.2) is 0 Å². The molecule has 108 valence electrons. The Balaban J connectivity index is 1.73. The zero-order valence-corrected chi connectivity index (χ0v) is 11.8. The number of aliphatic hydroxyl groups is 1. The van der Waals surface area contributed by atoms with Gasteiger partial charge < -0.3 is 19.6 Å². The van der Waals surface area contributed by atoms with Gasteiger partial charge in [0.05, 0.1) is 6.61 Å². The second kappa shape index (κ2) is 5.56. The van der Waals surface area contributed by atoms with Crippen molar-refractivity contribution in [3.63, 3.8) is 0 Å². The molecule has 0 radical (unpaired) electrons. The van der Waals surface area contributed by atoms with Crippen LogP contribution in [0.4, 0.5) is 0 Å². The zero-order chi connectivity index (χ0) is 14.0. The number of fused-ring (bicyclic) bond motifs is 1. The van der Waals surface area contributed by atoms with E-state index in [9.17, 15) is 5.11 Å². The van der Waals surface area contributed by atoms with Gasteiger partial charge in [-0.1, -0.05) is 25.1 Å². The van der Waals surface area contributed by atoms with Crippen LogP contribution in [0.5, 0.6) is 0 Å². The van der Waals surface area contributed by atoms with Gasteiger partial charge in [-0.25, -0.2) is 0 Å². The molecule has 1 atom stereocenters. The molecule has 1 unspecified atom stereocenters. The minimum atomic E-state index is -0.716. The first-order chi connectivity index (χ1) is 9.72. The van der Waals surface area contributed by atoms with Crippen molar-refractivity contribution in [3.05, 3.63) is 35.6 Å². The van der Waals surface area contributed by atoms with Gasteiger partial charge in [0.25, 0.3) is 0 Å². The maximum Gasteiger partial charge on any atom is 0.134 e. The second-order valence-electron chi connectivity index (χ2n) is 5.48. The van der Waals surface area contributed by atoms with E-state index in [0.717, 1.165) is 23.2 Å². The fraction of sp³-hybridized carbons (Fsp3) is 0.500. The molecule has 20 heavy (non-hydrogen) atoms. The van der Waals surface area contributed by atoms with Crippen molar-refractivity contribution in [1.29, 1.82) is 0 Å². The Morgan fingerprint density at radius 3 is 2.95 bits per heavy atom. The van der Waals surface area contributed by atoms with E-state index in [0.29, 0.717) is 32.7 Å². The van der Waals surface area contributed by atoms with E-state index in [1.165, 1.54) is 5.56 Å². The summed E-state index contributed by atoms with van der Waals surface area (Å²) in [6.45, 7) is 4.43. The minimum absolute atomic E-state index is 0.423. The monoisotopic (exact) mass is 275 g/mol. The van der Waals surface area contributed by atoms with Crippen molar-refractivity contribution in [2.75, 3.05) is 19.8 Å². The first-order valence-electron chi connectivity index (χ1n) is 7.22. The smallest absolute Gasteiger partial charge is 0.134 e. The van der Waals surface area contributed by atoms with Crippen LogP contribution in [0.25, 0.3) is 11.0 Å².